The highest BCUT2D eigenvalue weighted by Crippen LogP contribution is 2.46. The lowest BCUT2D eigenvalue weighted by atomic mass is 10.1. The number of benzene rings is 1. The zero-order valence-corrected chi connectivity index (χ0v) is 21.1. The second-order valence-electron chi connectivity index (χ2n) is 8.80. The van der Waals surface area contributed by atoms with Crippen molar-refractivity contribution in [2.24, 2.45) is 11.7 Å². The summed E-state index contributed by atoms with van der Waals surface area (Å²) in [6.45, 7) is 3.26. The lowest BCUT2D eigenvalue weighted by molar-refractivity contribution is -0.143. The van der Waals surface area contributed by atoms with Crippen molar-refractivity contribution >= 4 is 19.7 Å². The Morgan fingerprint density at radius 1 is 1.28 bits per heavy atom. The van der Waals surface area contributed by atoms with E-state index >= 15 is 0 Å². The number of aliphatic hydroxyl groups excluding tert-OH is 2. The third-order valence-corrected chi connectivity index (χ3v) is 7.04. The van der Waals surface area contributed by atoms with Gasteiger partial charge in [0.1, 0.15) is 30.1 Å². The maximum absolute atomic E-state index is 13.7. The Hall–Kier alpha value is -2.51. The number of hydrogen-bond donors (Lipinski definition) is 5. The van der Waals surface area contributed by atoms with Crippen LogP contribution in [0.5, 0.6) is 5.75 Å². The summed E-state index contributed by atoms with van der Waals surface area (Å²) in [5.74, 6) is -0.406. The number of hydrogen-bond acceptors (Lipinski definition) is 10. The molecule has 0 saturated carbocycles. The van der Waals surface area contributed by atoms with E-state index in [4.69, 9.17) is 24.3 Å². The van der Waals surface area contributed by atoms with Crippen LogP contribution in [0.25, 0.3) is 0 Å². The van der Waals surface area contributed by atoms with E-state index in [-0.39, 0.29) is 18.1 Å². The number of ether oxygens (including phenoxy) is 2. The third kappa shape index (κ3) is 7.04. The van der Waals surface area contributed by atoms with Gasteiger partial charge in [-0.1, -0.05) is 32.0 Å². The van der Waals surface area contributed by atoms with Gasteiger partial charge in [-0.25, -0.2) is 9.36 Å². The van der Waals surface area contributed by atoms with Gasteiger partial charge >= 0.3 is 19.7 Å². The summed E-state index contributed by atoms with van der Waals surface area (Å²) in [5.41, 5.74) is 5.63. The van der Waals surface area contributed by atoms with Crippen LogP contribution in [-0.2, 0) is 23.4 Å². The lowest BCUT2D eigenvalue weighted by Gasteiger charge is -2.31. The van der Waals surface area contributed by atoms with Crippen molar-refractivity contribution < 1.29 is 42.9 Å². The maximum atomic E-state index is 13.7. The summed E-state index contributed by atoms with van der Waals surface area (Å²) in [6, 6.07) is 6.55. The molecule has 1 aromatic rings. The zero-order valence-electron chi connectivity index (χ0n) is 20.2. The number of nitrogens with zero attached hydrogens (tertiary/aromatic N) is 1. The Labute approximate surface area is 209 Å². The minimum atomic E-state index is -4.24. The smallest absolute Gasteiger partial charge is 0.459 e. The first-order valence-corrected chi connectivity index (χ1v) is 13.0. The fourth-order valence-corrected chi connectivity index (χ4v) is 5.22. The molecule has 0 radical (unpaired) electrons. The highest BCUT2D eigenvalue weighted by Gasteiger charge is 2.48. The number of carbonyl (C=O) groups excluding carboxylic acids is 2. The molecule has 36 heavy (non-hydrogen) atoms. The number of aliphatic hydroxyl groups is 2. The van der Waals surface area contributed by atoms with Crippen molar-refractivity contribution in [3.05, 3.63) is 42.6 Å². The van der Waals surface area contributed by atoms with Gasteiger partial charge in [-0.3, -0.25) is 14.2 Å². The molecule has 2 unspecified atom stereocenters. The van der Waals surface area contributed by atoms with Crippen molar-refractivity contribution in [3.63, 3.8) is 0 Å². The highest BCUT2D eigenvalue weighted by molar-refractivity contribution is 7.52. The summed E-state index contributed by atoms with van der Waals surface area (Å²) in [7, 11) is -3.03. The van der Waals surface area contributed by atoms with Gasteiger partial charge in [0.25, 0.3) is 0 Å². The average molecular weight is 528 g/mol. The van der Waals surface area contributed by atoms with E-state index in [1.807, 2.05) is 13.8 Å². The van der Waals surface area contributed by atoms with Gasteiger partial charge in [0.15, 0.2) is 6.23 Å². The van der Waals surface area contributed by atoms with Crippen LogP contribution in [0.3, 0.4) is 0 Å². The SMILES string of the molecule is COC(=O)[C@H](CC(C)C)NP(=O)(OC[C@H]1O[C@@H](N2C=CC(N)NC2=O)[C@H](O)[C@@H]1O)Oc1ccccc1. The Morgan fingerprint density at radius 3 is 2.58 bits per heavy atom. The molecule has 2 aliphatic heterocycles. The second kappa shape index (κ2) is 12.2. The predicted octanol–water partition coefficient (Wildman–Crippen LogP) is 0.638. The standard InChI is InChI=1S/C22H33N4O9P/c1-13(2)11-15(21(29)32-3)25-36(31,35-14-7-5-4-6-8-14)33-12-16-18(27)19(28)20(34-16)26-10-9-17(23)24-22(26)30/h4-10,13,15-20,27-28H,11-12,23H2,1-3H3,(H,24,30)(H,25,31)/t15-,16+,17?,18+,19+,20+,36?/m0/s1. The number of para-hydroxylation sites is 1. The molecule has 0 aromatic heterocycles. The van der Waals surface area contributed by atoms with Gasteiger partial charge in [-0.05, 0) is 30.5 Å². The van der Waals surface area contributed by atoms with Crippen LogP contribution >= 0.6 is 7.75 Å². The lowest BCUT2D eigenvalue weighted by Crippen LogP contribution is -2.55. The van der Waals surface area contributed by atoms with E-state index in [0.29, 0.717) is 0 Å². The molecule has 1 aromatic carbocycles. The normalized spacial score (nSPS) is 28.5. The summed E-state index contributed by atoms with van der Waals surface area (Å²) in [6.07, 6.45) is -3.01. The van der Waals surface area contributed by atoms with E-state index in [1.165, 1.54) is 19.4 Å². The molecule has 2 aliphatic rings. The molecule has 0 spiro atoms. The summed E-state index contributed by atoms with van der Waals surface area (Å²) in [4.78, 5) is 25.6. The molecule has 3 rings (SSSR count). The molecule has 7 atom stereocenters. The molecule has 14 heteroatoms. The van der Waals surface area contributed by atoms with Gasteiger partial charge in [0.05, 0.1) is 19.9 Å². The first-order chi connectivity index (χ1) is 17.0. The van der Waals surface area contributed by atoms with Crippen LogP contribution < -0.4 is 20.7 Å². The molecule has 1 saturated heterocycles. The van der Waals surface area contributed by atoms with E-state index in [0.717, 1.165) is 4.90 Å². The Kier molecular flexibility index (Phi) is 9.47. The Bertz CT molecular complexity index is 980. The van der Waals surface area contributed by atoms with Gasteiger partial charge in [-0.15, -0.1) is 0 Å². The summed E-state index contributed by atoms with van der Waals surface area (Å²) < 4.78 is 35.4. The van der Waals surface area contributed by atoms with Gasteiger partial charge in [-0.2, -0.15) is 5.09 Å². The van der Waals surface area contributed by atoms with Crippen molar-refractivity contribution in [2.75, 3.05) is 13.7 Å². The van der Waals surface area contributed by atoms with Crippen LogP contribution in [0.1, 0.15) is 20.3 Å². The van der Waals surface area contributed by atoms with Crippen LogP contribution in [0.2, 0.25) is 0 Å². The number of esters is 1. The number of rotatable bonds is 11. The number of amides is 2. The molecule has 200 valence electrons. The molecular formula is C22H33N4O9P. The quantitative estimate of drug-likeness (QED) is 0.201. The fraction of sp³-hybridized carbons (Fsp3) is 0.545. The average Bonchev–Trinajstić information content (AvgIpc) is 3.11. The largest absolute Gasteiger partial charge is 0.468 e. The van der Waals surface area contributed by atoms with E-state index < -0.39 is 63.1 Å². The van der Waals surface area contributed by atoms with Crippen molar-refractivity contribution in [1.29, 1.82) is 0 Å². The van der Waals surface area contributed by atoms with E-state index in [1.54, 1.807) is 30.3 Å². The monoisotopic (exact) mass is 528 g/mol. The van der Waals surface area contributed by atoms with Crippen LogP contribution in [0.4, 0.5) is 4.79 Å². The minimum absolute atomic E-state index is 0.0412. The van der Waals surface area contributed by atoms with Gasteiger partial charge in [0.2, 0.25) is 0 Å². The first kappa shape index (κ1) is 28.1. The molecule has 13 nitrogen and oxygen atoms in total. The van der Waals surface area contributed by atoms with Crippen molar-refractivity contribution in [1.82, 2.24) is 15.3 Å². The second-order valence-corrected chi connectivity index (χ2v) is 10.5. The molecular weight excluding hydrogens is 495 g/mol. The number of urea groups is 1. The van der Waals surface area contributed by atoms with Gasteiger partial charge < -0.3 is 35.3 Å². The number of nitrogens with two attached hydrogens (primary N) is 1. The fourth-order valence-electron chi connectivity index (χ4n) is 3.70. The number of methoxy groups -OCH3 is 1. The van der Waals surface area contributed by atoms with Crippen molar-refractivity contribution in [3.8, 4) is 5.75 Å². The molecule has 6 N–H and O–H groups in total. The number of nitrogens with one attached hydrogen (secondary N) is 2. The molecule has 2 amide bonds. The van der Waals surface area contributed by atoms with E-state index in [2.05, 4.69) is 10.4 Å². The first-order valence-electron chi connectivity index (χ1n) is 11.4. The maximum Gasteiger partial charge on any atom is 0.459 e. The van der Waals surface area contributed by atoms with E-state index in [9.17, 15) is 24.4 Å². The Balaban J connectivity index is 1.76. The predicted molar refractivity (Wildman–Crippen MR) is 127 cm³/mol. The van der Waals surface area contributed by atoms with Crippen LogP contribution in [0.15, 0.2) is 42.6 Å². The summed E-state index contributed by atoms with van der Waals surface area (Å²) >= 11 is 0. The molecule has 1 fully saturated rings. The van der Waals surface area contributed by atoms with Gasteiger partial charge in [0, 0.05) is 6.20 Å². The van der Waals surface area contributed by atoms with Crippen LogP contribution in [-0.4, -0.2) is 77.6 Å². The van der Waals surface area contributed by atoms with Crippen molar-refractivity contribution in [2.45, 2.75) is 57.0 Å². The summed E-state index contributed by atoms with van der Waals surface area (Å²) in [5, 5.41) is 26.1. The number of carbonyl (C=O) groups is 2. The minimum Gasteiger partial charge on any atom is -0.468 e. The molecule has 0 bridgehead atoms. The van der Waals surface area contributed by atoms with Crippen LogP contribution in [0, 0.1) is 5.92 Å². The zero-order chi connectivity index (χ0) is 26.5. The third-order valence-electron chi connectivity index (χ3n) is 5.47. The topological polar surface area (TPSA) is 182 Å². The molecule has 2 heterocycles. The highest BCUT2D eigenvalue weighted by atomic mass is 31.2. The Morgan fingerprint density at radius 2 is 1.97 bits per heavy atom. The molecule has 0 aliphatic carbocycles.